The van der Waals surface area contributed by atoms with E-state index in [1.807, 2.05) is 73.0 Å². The van der Waals surface area contributed by atoms with Gasteiger partial charge >= 0.3 is 0 Å². The molecule has 3 rings (SSSR count). The average molecular weight is 382 g/mol. The second kappa shape index (κ2) is 9.23. The highest BCUT2D eigenvalue weighted by molar-refractivity contribution is 7.99. The highest BCUT2D eigenvalue weighted by atomic mass is 32.2. The van der Waals surface area contributed by atoms with Crippen molar-refractivity contribution >= 4 is 23.4 Å². The zero-order valence-electron chi connectivity index (χ0n) is 15.4. The van der Waals surface area contributed by atoms with Gasteiger partial charge in [0.05, 0.1) is 18.0 Å². The van der Waals surface area contributed by atoms with Gasteiger partial charge in [-0.2, -0.15) is 0 Å². The highest BCUT2D eigenvalue weighted by Gasteiger charge is 2.15. The number of nitrogens with zero attached hydrogens (tertiary/aromatic N) is 3. The normalized spacial score (nSPS) is 10.6. The van der Waals surface area contributed by atoms with E-state index in [0.717, 1.165) is 17.9 Å². The molecule has 1 aromatic heterocycles. The van der Waals surface area contributed by atoms with Crippen molar-refractivity contribution in [2.75, 3.05) is 17.7 Å². The Labute approximate surface area is 163 Å². The molecule has 0 aliphatic rings. The van der Waals surface area contributed by atoms with E-state index >= 15 is 0 Å². The minimum atomic E-state index is -0.118. The molecule has 0 radical (unpaired) electrons. The Morgan fingerprint density at radius 2 is 1.81 bits per heavy atom. The number of hydrogen-bond acceptors (Lipinski definition) is 5. The first kappa shape index (κ1) is 19.0. The van der Waals surface area contributed by atoms with Gasteiger partial charge in [-0.25, -0.2) is 0 Å². The van der Waals surface area contributed by atoms with Crippen molar-refractivity contribution in [3.63, 3.8) is 0 Å². The van der Waals surface area contributed by atoms with Crippen LogP contribution in [-0.4, -0.2) is 33.0 Å². The monoisotopic (exact) mass is 382 g/mol. The van der Waals surface area contributed by atoms with E-state index in [4.69, 9.17) is 4.74 Å². The summed E-state index contributed by atoms with van der Waals surface area (Å²) in [5.74, 6) is 1.65. The first-order chi connectivity index (χ1) is 13.2. The zero-order chi connectivity index (χ0) is 19.1. The number of ether oxygens (including phenoxy) is 1. The Bertz CT molecular complexity index is 896. The first-order valence-corrected chi connectivity index (χ1v) is 9.85. The van der Waals surface area contributed by atoms with Gasteiger partial charge in [0.25, 0.3) is 0 Å². The second-order valence-corrected chi connectivity index (χ2v) is 6.63. The molecule has 0 saturated heterocycles. The van der Waals surface area contributed by atoms with Crippen molar-refractivity contribution < 1.29 is 9.53 Å². The number of amides is 1. The third-order valence-corrected chi connectivity index (χ3v) is 4.75. The van der Waals surface area contributed by atoms with Crippen LogP contribution in [0, 0.1) is 0 Å². The topological polar surface area (TPSA) is 69.0 Å². The van der Waals surface area contributed by atoms with Crippen molar-refractivity contribution in [1.82, 2.24) is 14.8 Å². The van der Waals surface area contributed by atoms with Crippen LogP contribution in [0.4, 0.5) is 5.69 Å². The number of benzene rings is 2. The Kier molecular flexibility index (Phi) is 6.49. The predicted molar refractivity (Wildman–Crippen MR) is 108 cm³/mol. The largest absolute Gasteiger partial charge is 0.492 e. The van der Waals surface area contributed by atoms with Gasteiger partial charge in [0.1, 0.15) is 11.6 Å². The van der Waals surface area contributed by atoms with E-state index in [1.54, 1.807) is 0 Å². The number of aryl methyl sites for hydroxylation is 1. The molecule has 0 atom stereocenters. The van der Waals surface area contributed by atoms with E-state index in [2.05, 4.69) is 15.5 Å². The van der Waals surface area contributed by atoms with Crippen molar-refractivity contribution in [3.8, 4) is 11.4 Å². The molecule has 6 nitrogen and oxygen atoms in total. The Morgan fingerprint density at radius 3 is 2.56 bits per heavy atom. The number of hydrogen-bond donors (Lipinski definition) is 1. The van der Waals surface area contributed by atoms with Crippen LogP contribution in [0.15, 0.2) is 59.8 Å². The van der Waals surface area contributed by atoms with Crippen LogP contribution < -0.4 is 10.1 Å². The summed E-state index contributed by atoms with van der Waals surface area (Å²) in [5.41, 5.74) is 1.66. The molecular formula is C20H22N4O2S. The molecule has 0 saturated carbocycles. The number of anilines is 1. The van der Waals surface area contributed by atoms with Crippen LogP contribution in [0.5, 0.6) is 5.75 Å². The van der Waals surface area contributed by atoms with Crippen molar-refractivity contribution in [2.45, 2.75) is 25.4 Å². The molecule has 0 spiro atoms. The van der Waals surface area contributed by atoms with E-state index in [-0.39, 0.29) is 11.7 Å². The van der Waals surface area contributed by atoms with E-state index < -0.39 is 0 Å². The minimum absolute atomic E-state index is 0.118. The highest BCUT2D eigenvalue weighted by Crippen LogP contribution is 2.25. The summed E-state index contributed by atoms with van der Waals surface area (Å²) in [5, 5.41) is 12.1. The number of carbonyl (C=O) groups excluding carboxylic acids is 1. The van der Waals surface area contributed by atoms with Crippen molar-refractivity contribution in [2.24, 2.45) is 0 Å². The summed E-state index contributed by atoms with van der Waals surface area (Å²) < 4.78 is 7.54. The van der Waals surface area contributed by atoms with Gasteiger partial charge in [0.2, 0.25) is 5.91 Å². The van der Waals surface area contributed by atoms with Crippen LogP contribution in [0.1, 0.15) is 19.7 Å². The molecule has 0 aliphatic carbocycles. The number of carbonyl (C=O) groups is 1. The summed E-state index contributed by atoms with van der Waals surface area (Å²) in [6, 6.07) is 17.3. The maximum atomic E-state index is 12.4. The quantitative estimate of drug-likeness (QED) is 0.597. The molecule has 1 heterocycles. The lowest BCUT2D eigenvalue weighted by molar-refractivity contribution is -0.113. The van der Waals surface area contributed by atoms with Crippen LogP contribution in [0.2, 0.25) is 0 Å². The number of nitrogens with one attached hydrogen (secondary N) is 1. The molecule has 3 aromatic rings. The number of aromatic nitrogens is 3. The summed E-state index contributed by atoms with van der Waals surface area (Å²) in [7, 11) is 0. The summed E-state index contributed by atoms with van der Waals surface area (Å²) >= 11 is 1.36. The molecule has 0 unspecified atom stereocenters. The Hall–Kier alpha value is -2.80. The SMILES string of the molecule is CCOc1ccccc1NC(=O)CSc1nnc(CC)n1-c1ccccc1. The average Bonchev–Trinajstić information content (AvgIpc) is 3.12. The van der Waals surface area contributed by atoms with Gasteiger partial charge in [-0.1, -0.05) is 49.0 Å². The summed E-state index contributed by atoms with van der Waals surface area (Å²) in [6.07, 6.45) is 0.760. The van der Waals surface area contributed by atoms with Gasteiger partial charge in [0, 0.05) is 12.1 Å². The minimum Gasteiger partial charge on any atom is -0.492 e. The standard InChI is InChI=1S/C20H22N4O2S/c1-3-18-22-23-20(24(18)15-10-6-5-7-11-15)27-14-19(25)21-16-12-8-9-13-17(16)26-4-2/h5-13H,3-4,14H2,1-2H3,(H,21,25). The van der Waals surface area contributed by atoms with E-state index in [0.29, 0.717) is 23.2 Å². The molecule has 7 heteroatoms. The van der Waals surface area contributed by atoms with E-state index in [1.165, 1.54) is 11.8 Å². The van der Waals surface area contributed by atoms with Gasteiger partial charge in [-0.05, 0) is 31.2 Å². The van der Waals surface area contributed by atoms with Gasteiger partial charge in [0.15, 0.2) is 5.16 Å². The molecule has 0 aliphatic heterocycles. The van der Waals surface area contributed by atoms with Gasteiger partial charge in [-0.15, -0.1) is 10.2 Å². The van der Waals surface area contributed by atoms with Crippen LogP contribution in [-0.2, 0) is 11.2 Å². The lowest BCUT2D eigenvalue weighted by Crippen LogP contribution is -2.15. The molecule has 1 amide bonds. The fourth-order valence-corrected chi connectivity index (χ4v) is 3.40. The van der Waals surface area contributed by atoms with Gasteiger partial charge in [-0.3, -0.25) is 9.36 Å². The molecule has 140 valence electrons. The van der Waals surface area contributed by atoms with Crippen LogP contribution in [0.25, 0.3) is 5.69 Å². The Balaban J connectivity index is 1.71. The number of rotatable bonds is 8. The molecule has 2 aromatic carbocycles. The lowest BCUT2D eigenvalue weighted by Gasteiger charge is -2.11. The molecule has 0 fully saturated rings. The number of thioether (sulfide) groups is 1. The van der Waals surface area contributed by atoms with Crippen molar-refractivity contribution in [1.29, 1.82) is 0 Å². The molecule has 0 bridgehead atoms. The Morgan fingerprint density at radius 1 is 1.07 bits per heavy atom. The van der Waals surface area contributed by atoms with Crippen LogP contribution in [0.3, 0.4) is 0 Å². The smallest absolute Gasteiger partial charge is 0.234 e. The van der Waals surface area contributed by atoms with E-state index in [9.17, 15) is 4.79 Å². The van der Waals surface area contributed by atoms with Crippen LogP contribution >= 0.6 is 11.8 Å². The predicted octanol–water partition coefficient (Wildman–Crippen LogP) is 3.96. The fraction of sp³-hybridized carbons (Fsp3) is 0.250. The molecular weight excluding hydrogens is 360 g/mol. The summed E-state index contributed by atoms with van der Waals surface area (Å²) in [6.45, 7) is 4.49. The van der Waals surface area contributed by atoms with Gasteiger partial charge < -0.3 is 10.1 Å². The molecule has 27 heavy (non-hydrogen) atoms. The first-order valence-electron chi connectivity index (χ1n) is 8.87. The van der Waals surface area contributed by atoms with Crippen molar-refractivity contribution in [3.05, 3.63) is 60.4 Å². The summed E-state index contributed by atoms with van der Waals surface area (Å²) in [4.78, 5) is 12.4. The maximum Gasteiger partial charge on any atom is 0.234 e. The third-order valence-electron chi connectivity index (χ3n) is 3.82. The maximum absolute atomic E-state index is 12.4. The molecule has 1 N–H and O–H groups in total. The fourth-order valence-electron chi connectivity index (χ4n) is 2.63. The second-order valence-electron chi connectivity index (χ2n) is 5.69. The number of para-hydroxylation sites is 3. The zero-order valence-corrected chi connectivity index (χ0v) is 16.2. The third kappa shape index (κ3) is 4.68. The lowest BCUT2D eigenvalue weighted by atomic mass is 10.3.